The molecule has 0 aromatic carbocycles. The molecule has 0 radical (unpaired) electrons. The summed E-state index contributed by atoms with van der Waals surface area (Å²) < 4.78 is 34.7. The fraction of sp³-hybridized carbons (Fsp3) is 0.750. The molecule has 3 rings (SSSR count). The first-order chi connectivity index (χ1) is 11.8. The maximum atomic E-state index is 12.3. The van der Waals surface area contributed by atoms with Gasteiger partial charge in [-0.2, -0.15) is 13.5 Å². The highest BCUT2D eigenvalue weighted by Crippen LogP contribution is 2.30. The average Bonchev–Trinajstić information content (AvgIpc) is 3.16. The number of carbonyl (C=O) groups excluding carboxylic acids is 3. The van der Waals surface area contributed by atoms with Crippen molar-refractivity contribution in [2.75, 3.05) is 13.1 Å². The van der Waals surface area contributed by atoms with E-state index in [1.54, 1.807) is 0 Å². The third-order valence-electron chi connectivity index (χ3n) is 4.49. The van der Waals surface area contributed by atoms with Crippen LogP contribution in [0.5, 0.6) is 0 Å². The summed E-state index contributed by atoms with van der Waals surface area (Å²) >= 11 is 0. The number of piperidine rings is 1. The molecular formula is C12H19N5O7S. The van der Waals surface area contributed by atoms with Crippen LogP contribution in [0.2, 0.25) is 0 Å². The summed E-state index contributed by atoms with van der Waals surface area (Å²) in [5.41, 5.74) is 4.62. The first-order valence-corrected chi connectivity index (χ1v) is 9.23. The smallest absolute Gasteiger partial charge is 0.309 e. The molecule has 3 fully saturated rings. The van der Waals surface area contributed by atoms with Crippen molar-refractivity contribution in [2.45, 2.75) is 43.8 Å². The van der Waals surface area contributed by atoms with Crippen molar-refractivity contribution in [1.29, 1.82) is 0 Å². The molecule has 0 unspecified atom stereocenters. The van der Waals surface area contributed by atoms with Gasteiger partial charge in [-0.25, -0.2) is 4.79 Å². The van der Waals surface area contributed by atoms with E-state index in [1.165, 1.54) is 0 Å². The molecule has 0 aromatic heterocycles. The van der Waals surface area contributed by atoms with Crippen LogP contribution < -0.4 is 16.2 Å². The number of fused-ring (bicyclic) bond motifs is 2. The van der Waals surface area contributed by atoms with Gasteiger partial charge < -0.3 is 10.2 Å². The Labute approximate surface area is 143 Å². The lowest BCUT2D eigenvalue weighted by atomic mass is 10.0. The van der Waals surface area contributed by atoms with E-state index < -0.39 is 34.4 Å². The molecule has 13 heteroatoms. The Morgan fingerprint density at radius 1 is 1.20 bits per heavy atom. The van der Waals surface area contributed by atoms with E-state index in [1.807, 2.05) is 0 Å². The van der Waals surface area contributed by atoms with Gasteiger partial charge in [0.25, 0.3) is 11.8 Å². The predicted octanol–water partition coefficient (Wildman–Crippen LogP) is -2.11. The lowest BCUT2D eigenvalue weighted by Crippen LogP contribution is -2.56. The molecule has 0 aliphatic carbocycles. The van der Waals surface area contributed by atoms with Crippen molar-refractivity contribution >= 4 is 28.2 Å². The van der Waals surface area contributed by atoms with Crippen LogP contribution in [-0.4, -0.2) is 72.0 Å². The Morgan fingerprint density at radius 2 is 1.92 bits per heavy atom. The molecule has 0 saturated carbocycles. The van der Waals surface area contributed by atoms with E-state index in [9.17, 15) is 22.8 Å². The first kappa shape index (κ1) is 17.8. The number of hydroxylamine groups is 2. The molecule has 12 nitrogen and oxygen atoms in total. The van der Waals surface area contributed by atoms with Crippen LogP contribution in [-0.2, 0) is 24.3 Å². The van der Waals surface area contributed by atoms with Crippen LogP contribution in [0, 0.1) is 0 Å². The quantitative estimate of drug-likeness (QED) is 0.320. The summed E-state index contributed by atoms with van der Waals surface area (Å²) in [6.07, 6.45) is 2.14. The van der Waals surface area contributed by atoms with Gasteiger partial charge in [0.15, 0.2) is 0 Å². The highest BCUT2D eigenvalue weighted by Gasteiger charge is 2.49. The molecule has 4 amide bonds. The van der Waals surface area contributed by atoms with Gasteiger partial charge in [0.2, 0.25) is 0 Å². The highest BCUT2D eigenvalue weighted by molar-refractivity contribution is 7.80. The van der Waals surface area contributed by atoms with Gasteiger partial charge in [0.1, 0.15) is 6.04 Å². The van der Waals surface area contributed by atoms with Crippen LogP contribution in [0.4, 0.5) is 4.79 Å². The molecule has 0 aromatic rings. The van der Waals surface area contributed by atoms with Gasteiger partial charge in [-0.05, 0) is 32.2 Å². The minimum Gasteiger partial charge on any atom is -0.309 e. The average molecular weight is 377 g/mol. The van der Waals surface area contributed by atoms with Crippen molar-refractivity contribution in [3.63, 3.8) is 0 Å². The predicted molar refractivity (Wildman–Crippen MR) is 80.7 cm³/mol. The number of carbonyl (C=O) groups is 3. The summed E-state index contributed by atoms with van der Waals surface area (Å²) in [6.45, 7) is 0.826. The minimum absolute atomic E-state index is 0.0879. The van der Waals surface area contributed by atoms with E-state index in [2.05, 4.69) is 20.5 Å². The molecule has 4 N–H and O–H groups in total. The van der Waals surface area contributed by atoms with Crippen LogP contribution in [0.15, 0.2) is 0 Å². The number of urea groups is 1. The molecule has 2 bridgehead atoms. The maximum absolute atomic E-state index is 12.3. The van der Waals surface area contributed by atoms with Gasteiger partial charge in [-0.15, -0.1) is 4.28 Å². The highest BCUT2D eigenvalue weighted by atomic mass is 32.3. The topological polar surface area (TPSA) is 157 Å². The Kier molecular flexibility index (Phi) is 4.81. The van der Waals surface area contributed by atoms with E-state index in [0.717, 1.165) is 17.9 Å². The fourth-order valence-electron chi connectivity index (χ4n) is 3.31. The number of hydrazine groups is 1. The van der Waals surface area contributed by atoms with Gasteiger partial charge in [-0.1, -0.05) is 0 Å². The number of hydrogen-bond donors (Lipinski definition) is 4. The third kappa shape index (κ3) is 3.84. The van der Waals surface area contributed by atoms with Crippen LogP contribution in [0.3, 0.4) is 0 Å². The second-order valence-electron chi connectivity index (χ2n) is 6.14. The van der Waals surface area contributed by atoms with Crippen molar-refractivity contribution < 1.29 is 31.6 Å². The lowest BCUT2D eigenvalue weighted by molar-refractivity contribution is -0.132. The number of amides is 4. The largest absolute Gasteiger partial charge is 0.418 e. The van der Waals surface area contributed by atoms with Crippen molar-refractivity contribution in [1.82, 2.24) is 26.1 Å². The SMILES string of the molecule is O=C(NNC(=O)[C@H]1CC[C@@H]2CN1C(=O)N2OS(=O)(=O)O)[C@@H]1CCCN1. The van der Waals surface area contributed by atoms with E-state index >= 15 is 0 Å². The van der Waals surface area contributed by atoms with Gasteiger partial charge in [-0.3, -0.25) is 25.0 Å². The van der Waals surface area contributed by atoms with Crippen LogP contribution in [0.25, 0.3) is 0 Å². The zero-order chi connectivity index (χ0) is 18.2. The first-order valence-electron chi connectivity index (χ1n) is 7.86. The Hall–Kier alpha value is -1.96. The molecule has 3 saturated heterocycles. The van der Waals surface area contributed by atoms with E-state index in [4.69, 9.17) is 4.55 Å². The molecule has 3 heterocycles. The van der Waals surface area contributed by atoms with Crippen molar-refractivity contribution in [3.8, 4) is 0 Å². The molecule has 140 valence electrons. The van der Waals surface area contributed by atoms with Crippen LogP contribution >= 0.6 is 0 Å². The number of nitrogens with one attached hydrogen (secondary N) is 3. The standard InChI is InChI=1S/C12H19N5O7S/c18-10(8-2-1-5-13-8)14-15-11(19)9-4-3-7-6-16(9)12(20)17(7)24-25(21,22)23/h7-9,13H,1-6H2,(H,14,18)(H,15,19)(H,21,22,23)/t7-,8+,9-/m1/s1. The summed E-state index contributed by atoms with van der Waals surface area (Å²) in [5.74, 6) is -0.935. The second-order valence-corrected chi connectivity index (χ2v) is 7.14. The third-order valence-corrected chi connectivity index (χ3v) is 4.83. The Balaban J connectivity index is 1.57. The lowest BCUT2D eigenvalue weighted by Gasteiger charge is -2.29. The molecule has 25 heavy (non-hydrogen) atoms. The van der Waals surface area contributed by atoms with E-state index in [0.29, 0.717) is 17.9 Å². The zero-order valence-electron chi connectivity index (χ0n) is 13.2. The van der Waals surface area contributed by atoms with Gasteiger partial charge >= 0.3 is 16.4 Å². The summed E-state index contributed by atoms with van der Waals surface area (Å²) in [7, 11) is -4.83. The zero-order valence-corrected chi connectivity index (χ0v) is 14.0. The fourth-order valence-corrected chi connectivity index (χ4v) is 3.69. The van der Waals surface area contributed by atoms with Crippen molar-refractivity contribution in [2.24, 2.45) is 0 Å². The minimum atomic E-state index is -4.83. The Bertz CT molecular complexity index is 677. The molecule has 3 aliphatic heterocycles. The summed E-state index contributed by atoms with van der Waals surface area (Å²) in [4.78, 5) is 37.5. The monoisotopic (exact) mass is 377 g/mol. The number of hydrogen-bond acceptors (Lipinski definition) is 7. The molecular weight excluding hydrogens is 358 g/mol. The second kappa shape index (κ2) is 6.74. The number of nitrogens with zero attached hydrogens (tertiary/aromatic N) is 2. The van der Waals surface area contributed by atoms with Crippen molar-refractivity contribution in [3.05, 3.63) is 0 Å². The normalized spacial score (nSPS) is 29.0. The van der Waals surface area contributed by atoms with Gasteiger partial charge in [0, 0.05) is 6.54 Å². The maximum Gasteiger partial charge on any atom is 0.418 e. The van der Waals surface area contributed by atoms with Crippen LogP contribution in [0.1, 0.15) is 25.7 Å². The van der Waals surface area contributed by atoms with E-state index in [-0.39, 0.29) is 24.9 Å². The Morgan fingerprint density at radius 3 is 2.56 bits per heavy atom. The summed E-state index contributed by atoms with van der Waals surface area (Å²) in [6, 6.07) is -2.63. The molecule has 3 atom stereocenters. The molecule has 3 aliphatic rings. The summed E-state index contributed by atoms with van der Waals surface area (Å²) in [5, 5.41) is 3.55. The van der Waals surface area contributed by atoms with Gasteiger partial charge in [0.05, 0.1) is 12.1 Å². The molecule has 0 spiro atoms. The number of rotatable bonds is 4.